The summed E-state index contributed by atoms with van der Waals surface area (Å²) < 4.78 is 1.95. The van der Waals surface area contributed by atoms with Crippen molar-refractivity contribution in [1.29, 1.82) is 0 Å². The van der Waals surface area contributed by atoms with Crippen LogP contribution < -0.4 is 5.73 Å². The van der Waals surface area contributed by atoms with Gasteiger partial charge in [0.15, 0.2) is 0 Å². The van der Waals surface area contributed by atoms with E-state index < -0.39 is 0 Å². The van der Waals surface area contributed by atoms with Crippen molar-refractivity contribution >= 4 is 17.1 Å². The van der Waals surface area contributed by atoms with Gasteiger partial charge in [0.2, 0.25) is 0 Å². The fourth-order valence-corrected chi connectivity index (χ4v) is 1.59. The van der Waals surface area contributed by atoms with Crippen molar-refractivity contribution in [2.75, 3.05) is 0 Å². The number of aryl methyl sites for hydroxylation is 1. The number of nitrogens with zero attached hydrogens (tertiary/aromatic N) is 2. The second kappa shape index (κ2) is 3.01. The van der Waals surface area contributed by atoms with E-state index in [0.717, 1.165) is 17.0 Å². The minimum absolute atomic E-state index is 0.457. The topological polar surface area (TPSA) is 43.3 Å². The number of hydrogen-bond donors (Lipinski definition) is 1. The summed E-state index contributed by atoms with van der Waals surface area (Å²) in [6, 6.07) is 3.78. The van der Waals surface area contributed by atoms with Gasteiger partial charge in [-0.1, -0.05) is 11.6 Å². The molecule has 0 aliphatic heterocycles. The molecule has 13 heavy (non-hydrogen) atoms. The monoisotopic (exact) mass is 195 g/mol. The lowest BCUT2D eigenvalue weighted by atomic mass is 10.3. The van der Waals surface area contributed by atoms with E-state index >= 15 is 0 Å². The van der Waals surface area contributed by atoms with Crippen molar-refractivity contribution in [3.8, 4) is 0 Å². The number of nitrogens with two attached hydrogens (primary N) is 1. The van der Waals surface area contributed by atoms with Gasteiger partial charge >= 0.3 is 0 Å². The Kier molecular flexibility index (Phi) is 1.98. The van der Waals surface area contributed by atoms with Crippen LogP contribution in [0.25, 0.3) is 5.52 Å². The lowest BCUT2D eigenvalue weighted by molar-refractivity contribution is 0.991. The third kappa shape index (κ3) is 1.30. The summed E-state index contributed by atoms with van der Waals surface area (Å²) >= 11 is 5.86. The van der Waals surface area contributed by atoms with Crippen LogP contribution in [0.3, 0.4) is 0 Å². The van der Waals surface area contributed by atoms with Crippen molar-refractivity contribution in [3.05, 3.63) is 34.9 Å². The molecule has 0 aliphatic rings. The summed E-state index contributed by atoms with van der Waals surface area (Å²) in [6.45, 7) is 2.39. The zero-order chi connectivity index (χ0) is 9.42. The minimum Gasteiger partial charge on any atom is -0.325 e. The van der Waals surface area contributed by atoms with E-state index in [1.165, 1.54) is 0 Å². The van der Waals surface area contributed by atoms with Gasteiger partial charge in [-0.25, -0.2) is 4.98 Å². The molecule has 0 atom stereocenters. The quantitative estimate of drug-likeness (QED) is 0.754. The molecule has 0 amide bonds. The van der Waals surface area contributed by atoms with E-state index in [1.807, 2.05) is 29.7 Å². The van der Waals surface area contributed by atoms with E-state index in [4.69, 9.17) is 17.3 Å². The molecule has 0 aliphatic carbocycles. The first-order chi connectivity index (χ1) is 6.22. The average Bonchev–Trinajstić information content (AvgIpc) is 2.43. The molecule has 0 radical (unpaired) electrons. The highest BCUT2D eigenvalue weighted by molar-refractivity contribution is 6.30. The second-order valence-corrected chi connectivity index (χ2v) is 3.35. The Morgan fingerprint density at radius 2 is 2.31 bits per heavy atom. The number of fused-ring (bicyclic) bond motifs is 1. The summed E-state index contributed by atoms with van der Waals surface area (Å²) in [5.41, 5.74) is 7.50. The molecule has 0 fully saturated rings. The fourth-order valence-electron chi connectivity index (χ4n) is 1.43. The van der Waals surface area contributed by atoms with E-state index in [0.29, 0.717) is 11.6 Å². The lowest BCUT2D eigenvalue weighted by Gasteiger charge is -1.96. The van der Waals surface area contributed by atoms with E-state index in [-0.39, 0.29) is 0 Å². The first-order valence-electron chi connectivity index (χ1n) is 4.05. The molecule has 2 rings (SSSR count). The largest absolute Gasteiger partial charge is 0.325 e. The van der Waals surface area contributed by atoms with Gasteiger partial charge in [0.1, 0.15) is 5.82 Å². The van der Waals surface area contributed by atoms with Crippen LogP contribution in [0.1, 0.15) is 11.5 Å². The van der Waals surface area contributed by atoms with Gasteiger partial charge < -0.3 is 10.1 Å². The van der Waals surface area contributed by atoms with Crippen LogP contribution in [0.5, 0.6) is 0 Å². The summed E-state index contributed by atoms with van der Waals surface area (Å²) in [4.78, 5) is 4.33. The molecule has 0 bridgehead atoms. The number of halogens is 1. The minimum atomic E-state index is 0.457. The van der Waals surface area contributed by atoms with Crippen LogP contribution in [0.15, 0.2) is 18.3 Å². The maximum absolute atomic E-state index is 5.86. The molecule has 0 saturated heterocycles. The Morgan fingerprint density at radius 3 is 3.00 bits per heavy atom. The van der Waals surface area contributed by atoms with Crippen LogP contribution in [0.2, 0.25) is 5.02 Å². The Hall–Kier alpha value is -1.06. The van der Waals surface area contributed by atoms with Crippen molar-refractivity contribution in [1.82, 2.24) is 9.38 Å². The zero-order valence-electron chi connectivity index (χ0n) is 7.29. The van der Waals surface area contributed by atoms with Gasteiger partial charge in [-0.2, -0.15) is 0 Å². The van der Waals surface area contributed by atoms with Crippen LogP contribution in [0, 0.1) is 6.92 Å². The third-order valence-electron chi connectivity index (χ3n) is 2.05. The van der Waals surface area contributed by atoms with Crippen LogP contribution >= 0.6 is 11.6 Å². The Labute approximate surface area is 81.1 Å². The molecule has 3 nitrogen and oxygen atoms in total. The molecule has 2 aromatic heterocycles. The smallest absolute Gasteiger partial charge is 0.110 e. The highest BCUT2D eigenvalue weighted by Crippen LogP contribution is 2.16. The van der Waals surface area contributed by atoms with Gasteiger partial charge in [0.05, 0.1) is 16.2 Å². The second-order valence-electron chi connectivity index (χ2n) is 2.91. The Balaban J connectivity index is 2.80. The first-order valence-corrected chi connectivity index (χ1v) is 4.43. The predicted octanol–water partition coefficient (Wildman–Crippen LogP) is 1.75. The molecular weight excluding hydrogens is 186 g/mol. The van der Waals surface area contributed by atoms with Gasteiger partial charge in [0.25, 0.3) is 0 Å². The first kappa shape index (κ1) is 8.53. The molecule has 0 aromatic carbocycles. The standard InChI is InChI=1S/C9H10ClN3/c1-6-12-8(4-11)9-3-2-7(10)5-13(6)9/h2-3,5H,4,11H2,1H3. The molecule has 2 N–H and O–H groups in total. The van der Waals surface area contributed by atoms with Gasteiger partial charge in [-0.05, 0) is 19.1 Å². The predicted molar refractivity (Wildman–Crippen MR) is 52.8 cm³/mol. The molecular formula is C9H10ClN3. The van der Waals surface area contributed by atoms with Crippen molar-refractivity contribution in [3.63, 3.8) is 0 Å². The van der Waals surface area contributed by atoms with Gasteiger partial charge in [-0.15, -0.1) is 0 Å². The van der Waals surface area contributed by atoms with Crippen molar-refractivity contribution in [2.45, 2.75) is 13.5 Å². The van der Waals surface area contributed by atoms with E-state index in [9.17, 15) is 0 Å². The molecule has 0 saturated carbocycles. The maximum Gasteiger partial charge on any atom is 0.110 e. The summed E-state index contributed by atoms with van der Waals surface area (Å²) in [6.07, 6.45) is 1.85. The van der Waals surface area contributed by atoms with Crippen molar-refractivity contribution < 1.29 is 0 Å². The maximum atomic E-state index is 5.86. The number of pyridine rings is 1. The molecule has 0 spiro atoms. The number of hydrogen-bond acceptors (Lipinski definition) is 2. The number of imidazole rings is 1. The Bertz CT molecular complexity index is 447. The number of rotatable bonds is 1. The molecule has 2 heterocycles. The van der Waals surface area contributed by atoms with Gasteiger partial charge in [0, 0.05) is 12.7 Å². The zero-order valence-corrected chi connectivity index (χ0v) is 8.04. The number of aromatic nitrogens is 2. The Morgan fingerprint density at radius 1 is 1.54 bits per heavy atom. The van der Waals surface area contributed by atoms with Crippen LogP contribution in [-0.2, 0) is 6.54 Å². The molecule has 4 heteroatoms. The third-order valence-corrected chi connectivity index (χ3v) is 2.27. The fraction of sp³-hybridized carbons (Fsp3) is 0.222. The lowest BCUT2D eigenvalue weighted by Crippen LogP contribution is -1.96. The van der Waals surface area contributed by atoms with Crippen LogP contribution in [-0.4, -0.2) is 9.38 Å². The highest BCUT2D eigenvalue weighted by Gasteiger charge is 2.05. The SMILES string of the molecule is Cc1nc(CN)c2ccc(Cl)cn12. The van der Waals surface area contributed by atoms with Gasteiger partial charge in [-0.3, -0.25) is 0 Å². The van der Waals surface area contributed by atoms with Crippen molar-refractivity contribution in [2.24, 2.45) is 5.73 Å². The van der Waals surface area contributed by atoms with E-state index in [2.05, 4.69) is 4.98 Å². The average molecular weight is 196 g/mol. The summed E-state index contributed by atoms with van der Waals surface area (Å²) in [7, 11) is 0. The molecule has 0 unspecified atom stereocenters. The highest BCUT2D eigenvalue weighted by atomic mass is 35.5. The molecule has 2 aromatic rings. The summed E-state index contributed by atoms with van der Waals surface area (Å²) in [5.74, 6) is 0.915. The summed E-state index contributed by atoms with van der Waals surface area (Å²) in [5, 5.41) is 0.705. The van der Waals surface area contributed by atoms with E-state index in [1.54, 1.807) is 0 Å². The normalized spacial score (nSPS) is 11.0. The molecule has 68 valence electrons. The van der Waals surface area contributed by atoms with Crippen LogP contribution in [0.4, 0.5) is 0 Å².